The molecule has 0 unspecified atom stereocenters. The predicted molar refractivity (Wildman–Crippen MR) is 100.0 cm³/mol. The van der Waals surface area contributed by atoms with E-state index in [2.05, 4.69) is 5.32 Å². The van der Waals surface area contributed by atoms with Gasteiger partial charge in [-0.15, -0.1) is 0 Å². The smallest absolute Gasteiger partial charge is 0.270 e. The molecule has 1 heterocycles. The Labute approximate surface area is 151 Å². The highest BCUT2D eigenvalue weighted by atomic mass is 16.6. The Hall–Kier alpha value is -2.93. The normalized spacial score (nSPS) is 14.2. The second kappa shape index (κ2) is 7.53. The fourth-order valence-corrected chi connectivity index (χ4v) is 2.98. The maximum absolute atomic E-state index is 12.9. The number of morpholine rings is 1. The number of nitro benzene ring substituents is 1. The molecule has 0 radical (unpaired) electrons. The molecule has 2 aromatic carbocycles. The summed E-state index contributed by atoms with van der Waals surface area (Å²) in [5.74, 6) is -0.358. The highest BCUT2D eigenvalue weighted by molar-refractivity contribution is 6.09. The molecule has 1 aliphatic rings. The van der Waals surface area contributed by atoms with E-state index < -0.39 is 4.92 Å². The molecule has 7 nitrogen and oxygen atoms in total. The molecule has 136 valence electrons. The second-order valence-corrected chi connectivity index (χ2v) is 6.26. The number of nitrogens with one attached hydrogen (secondary N) is 1. The lowest BCUT2D eigenvalue weighted by molar-refractivity contribution is -0.384. The maximum Gasteiger partial charge on any atom is 0.270 e. The van der Waals surface area contributed by atoms with Crippen LogP contribution in [0.5, 0.6) is 0 Å². The van der Waals surface area contributed by atoms with Crippen molar-refractivity contribution in [1.82, 2.24) is 0 Å². The van der Waals surface area contributed by atoms with Crippen molar-refractivity contribution in [2.45, 2.75) is 13.8 Å². The molecule has 1 fully saturated rings. The number of hydrogen-bond donors (Lipinski definition) is 1. The Morgan fingerprint density at radius 1 is 1.19 bits per heavy atom. The quantitative estimate of drug-likeness (QED) is 0.672. The highest BCUT2D eigenvalue weighted by Gasteiger charge is 2.22. The summed E-state index contributed by atoms with van der Waals surface area (Å²) in [6, 6.07) is 10.1. The molecule has 26 heavy (non-hydrogen) atoms. The minimum absolute atomic E-state index is 0.104. The number of hydrogen-bond acceptors (Lipinski definition) is 5. The van der Waals surface area contributed by atoms with Crippen LogP contribution in [-0.4, -0.2) is 37.1 Å². The van der Waals surface area contributed by atoms with Crippen LogP contribution in [0.15, 0.2) is 36.4 Å². The van der Waals surface area contributed by atoms with Gasteiger partial charge in [0.25, 0.3) is 11.6 Å². The van der Waals surface area contributed by atoms with Crippen LogP contribution < -0.4 is 10.2 Å². The van der Waals surface area contributed by atoms with Gasteiger partial charge in [0.1, 0.15) is 0 Å². The van der Waals surface area contributed by atoms with Gasteiger partial charge in [-0.3, -0.25) is 14.9 Å². The second-order valence-electron chi connectivity index (χ2n) is 6.26. The molecule has 0 spiro atoms. The molecule has 1 aliphatic heterocycles. The third kappa shape index (κ3) is 3.67. The number of aryl methyl sites for hydroxylation is 1. The van der Waals surface area contributed by atoms with Gasteiger partial charge in [-0.25, -0.2) is 0 Å². The summed E-state index contributed by atoms with van der Waals surface area (Å²) in [4.78, 5) is 25.6. The third-order valence-electron chi connectivity index (χ3n) is 4.64. The molecule has 0 aromatic heterocycles. The standard InChI is InChI=1S/C19H21N3O4/c1-13-4-3-5-17(14(13)2)20-19(23)16-12-15(22(24)25)6-7-18(16)21-8-10-26-11-9-21/h3-7,12H,8-11H2,1-2H3,(H,20,23). The number of benzene rings is 2. The molecule has 1 saturated heterocycles. The zero-order valence-corrected chi connectivity index (χ0v) is 14.8. The topological polar surface area (TPSA) is 84.7 Å². The monoisotopic (exact) mass is 355 g/mol. The molecule has 0 aliphatic carbocycles. The van der Waals surface area contributed by atoms with E-state index in [0.29, 0.717) is 43.2 Å². The molecule has 0 bridgehead atoms. The number of anilines is 2. The van der Waals surface area contributed by atoms with Gasteiger partial charge >= 0.3 is 0 Å². The van der Waals surface area contributed by atoms with E-state index >= 15 is 0 Å². The predicted octanol–water partition coefficient (Wildman–Crippen LogP) is 3.30. The Kier molecular flexibility index (Phi) is 5.18. The fourth-order valence-electron chi connectivity index (χ4n) is 2.98. The van der Waals surface area contributed by atoms with Crippen molar-refractivity contribution in [1.29, 1.82) is 0 Å². The number of amides is 1. The van der Waals surface area contributed by atoms with E-state index in [9.17, 15) is 14.9 Å². The summed E-state index contributed by atoms with van der Waals surface area (Å²) in [6.07, 6.45) is 0. The van der Waals surface area contributed by atoms with E-state index in [0.717, 1.165) is 11.1 Å². The average molecular weight is 355 g/mol. The molecule has 7 heteroatoms. The van der Waals surface area contributed by atoms with Crippen LogP contribution in [0.1, 0.15) is 21.5 Å². The van der Waals surface area contributed by atoms with Crippen LogP contribution in [0.25, 0.3) is 0 Å². The summed E-state index contributed by atoms with van der Waals surface area (Å²) in [5.41, 5.74) is 3.61. The number of rotatable bonds is 4. The number of nitrogens with zero attached hydrogens (tertiary/aromatic N) is 2. The molecule has 1 N–H and O–H groups in total. The van der Waals surface area contributed by atoms with Crippen molar-refractivity contribution in [2.75, 3.05) is 36.5 Å². The first kappa shape index (κ1) is 17.9. The first-order valence-electron chi connectivity index (χ1n) is 8.46. The van der Waals surface area contributed by atoms with Gasteiger partial charge in [0.2, 0.25) is 0 Å². The van der Waals surface area contributed by atoms with Crippen molar-refractivity contribution in [2.24, 2.45) is 0 Å². The number of carbonyl (C=O) groups is 1. The first-order chi connectivity index (χ1) is 12.5. The van der Waals surface area contributed by atoms with Crippen molar-refractivity contribution in [3.05, 3.63) is 63.2 Å². The SMILES string of the molecule is Cc1cccc(NC(=O)c2cc([N+](=O)[O-])ccc2N2CCOCC2)c1C. The van der Waals surface area contributed by atoms with Crippen LogP contribution >= 0.6 is 0 Å². The number of non-ortho nitro benzene ring substituents is 1. The third-order valence-corrected chi connectivity index (χ3v) is 4.64. The maximum atomic E-state index is 12.9. The molecule has 2 aromatic rings. The summed E-state index contributed by atoms with van der Waals surface area (Å²) in [7, 11) is 0. The van der Waals surface area contributed by atoms with Crippen molar-refractivity contribution < 1.29 is 14.5 Å². The Morgan fingerprint density at radius 2 is 1.92 bits per heavy atom. The van der Waals surface area contributed by atoms with E-state index in [1.807, 2.05) is 36.9 Å². The highest BCUT2D eigenvalue weighted by Crippen LogP contribution is 2.28. The summed E-state index contributed by atoms with van der Waals surface area (Å²) in [6.45, 7) is 6.31. The molecule has 1 amide bonds. The lowest BCUT2D eigenvalue weighted by atomic mass is 10.1. The molecule has 0 atom stereocenters. The fraction of sp³-hybridized carbons (Fsp3) is 0.316. The molecular weight excluding hydrogens is 334 g/mol. The van der Waals surface area contributed by atoms with Crippen LogP contribution in [0, 0.1) is 24.0 Å². The van der Waals surface area contributed by atoms with E-state index in [-0.39, 0.29) is 11.6 Å². The van der Waals surface area contributed by atoms with Gasteiger partial charge in [0.15, 0.2) is 0 Å². The van der Waals surface area contributed by atoms with Crippen molar-refractivity contribution in [3.8, 4) is 0 Å². The van der Waals surface area contributed by atoms with E-state index in [4.69, 9.17) is 4.74 Å². The zero-order valence-electron chi connectivity index (χ0n) is 14.8. The Bertz CT molecular complexity index is 845. The summed E-state index contributed by atoms with van der Waals surface area (Å²) < 4.78 is 5.36. The lowest BCUT2D eigenvalue weighted by Crippen LogP contribution is -2.37. The van der Waals surface area contributed by atoms with Gasteiger partial charge in [0, 0.05) is 30.9 Å². The molecular formula is C19H21N3O4. The van der Waals surface area contributed by atoms with Gasteiger partial charge in [-0.2, -0.15) is 0 Å². The summed E-state index contributed by atoms with van der Waals surface area (Å²) in [5, 5.41) is 14.1. The lowest BCUT2D eigenvalue weighted by Gasteiger charge is -2.30. The summed E-state index contributed by atoms with van der Waals surface area (Å²) >= 11 is 0. The average Bonchev–Trinajstić information content (AvgIpc) is 2.65. The Morgan fingerprint density at radius 3 is 2.62 bits per heavy atom. The molecule has 3 rings (SSSR count). The van der Waals surface area contributed by atoms with Gasteiger partial charge in [-0.05, 0) is 37.1 Å². The first-order valence-corrected chi connectivity index (χ1v) is 8.46. The Balaban J connectivity index is 1.97. The zero-order chi connectivity index (χ0) is 18.7. The van der Waals surface area contributed by atoms with E-state index in [1.165, 1.54) is 12.1 Å². The number of carbonyl (C=O) groups excluding carboxylic acids is 1. The van der Waals surface area contributed by atoms with Crippen molar-refractivity contribution >= 4 is 23.0 Å². The van der Waals surface area contributed by atoms with Gasteiger partial charge in [-0.1, -0.05) is 12.1 Å². The van der Waals surface area contributed by atoms with Crippen LogP contribution in [0.3, 0.4) is 0 Å². The minimum Gasteiger partial charge on any atom is -0.378 e. The minimum atomic E-state index is -0.488. The van der Waals surface area contributed by atoms with Crippen LogP contribution in [0.2, 0.25) is 0 Å². The van der Waals surface area contributed by atoms with Crippen molar-refractivity contribution in [3.63, 3.8) is 0 Å². The number of nitro groups is 1. The molecule has 0 saturated carbocycles. The van der Waals surface area contributed by atoms with Crippen LogP contribution in [0.4, 0.5) is 17.1 Å². The van der Waals surface area contributed by atoms with E-state index in [1.54, 1.807) is 6.07 Å². The van der Waals surface area contributed by atoms with Crippen LogP contribution in [-0.2, 0) is 4.74 Å². The van der Waals surface area contributed by atoms with Gasteiger partial charge in [0.05, 0.1) is 29.4 Å². The largest absolute Gasteiger partial charge is 0.378 e. The number of ether oxygens (including phenoxy) is 1. The van der Waals surface area contributed by atoms with Gasteiger partial charge < -0.3 is 15.0 Å².